The molecule has 55 valence electrons. The van der Waals surface area contributed by atoms with Gasteiger partial charge in [0.05, 0.1) is 0 Å². The van der Waals surface area contributed by atoms with Crippen LogP contribution in [0.25, 0.3) is 0 Å². The fraction of sp³-hybridized carbons (Fsp3) is 0. The third-order valence-electron chi connectivity index (χ3n) is 1.22. The first-order valence-electron chi connectivity index (χ1n) is 2.91. The van der Waals surface area contributed by atoms with Gasteiger partial charge in [-0.25, -0.2) is 0 Å². The fourth-order valence-corrected chi connectivity index (χ4v) is 1.02. The van der Waals surface area contributed by atoms with Gasteiger partial charge in [0.1, 0.15) is 0 Å². The summed E-state index contributed by atoms with van der Waals surface area (Å²) in [6.07, 6.45) is 0. The maximum absolute atomic E-state index is 10.9. The summed E-state index contributed by atoms with van der Waals surface area (Å²) in [7, 11) is 0. The van der Waals surface area contributed by atoms with E-state index >= 15 is 0 Å². The first kappa shape index (κ1) is 8.39. The van der Waals surface area contributed by atoms with Gasteiger partial charge in [0.15, 0.2) is 0 Å². The monoisotopic (exact) mass is 257 g/mol. The van der Waals surface area contributed by atoms with Crippen molar-refractivity contribution in [3.63, 3.8) is 0 Å². The fourth-order valence-electron chi connectivity index (χ4n) is 0.701. The maximum atomic E-state index is 10.9. The summed E-state index contributed by atoms with van der Waals surface area (Å²) in [5, 5.41) is 9.12. The van der Waals surface area contributed by atoms with E-state index in [0.29, 0.717) is 22.9 Å². The number of hydrogen-bond donors (Lipinski definition) is 1. The molecule has 0 amide bonds. The van der Waals surface area contributed by atoms with E-state index in [1.165, 1.54) is 12.1 Å². The number of carbonyl (C=O) groups excluding carboxylic acids is 1. The van der Waals surface area contributed by atoms with Crippen LogP contribution in [-0.4, -0.2) is 34.0 Å². The van der Waals surface area contributed by atoms with Crippen molar-refractivity contribution < 1.29 is 13.0 Å². The Kier molecular flexibility index (Phi) is 2.75. The van der Waals surface area contributed by atoms with Crippen LogP contribution in [0.5, 0.6) is 5.75 Å². The summed E-state index contributed by atoms with van der Waals surface area (Å²) in [5.41, 5.74) is 0.212. The first-order valence-corrected chi connectivity index (χ1v) is 4.08. The molecule has 3 nitrogen and oxygen atoms in total. The zero-order valence-corrected chi connectivity index (χ0v) is 8.43. The van der Waals surface area contributed by atoms with Gasteiger partial charge in [-0.1, -0.05) is 0 Å². The molecule has 1 rings (SSSR count). The summed E-state index contributed by atoms with van der Waals surface area (Å²) in [6.45, 7) is 0. The molecule has 1 aromatic carbocycles. The van der Waals surface area contributed by atoms with E-state index in [0.717, 1.165) is 0 Å². The van der Waals surface area contributed by atoms with Crippen molar-refractivity contribution in [3.05, 3.63) is 29.8 Å². The summed E-state index contributed by atoms with van der Waals surface area (Å²) < 4.78 is 4.51. The van der Waals surface area contributed by atoms with Crippen molar-refractivity contribution in [3.8, 4) is 5.75 Å². The molecule has 0 unspecified atom stereocenters. The Morgan fingerprint density at radius 3 is 2.64 bits per heavy atom. The van der Waals surface area contributed by atoms with Crippen LogP contribution >= 0.6 is 0 Å². The first-order chi connectivity index (χ1) is 5.25. The number of benzene rings is 1. The Labute approximate surface area is 77.6 Å². The summed E-state index contributed by atoms with van der Waals surface area (Å²) in [4.78, 5) is 10.9. The molecule has 0 aromatic heterocycles. The second-order valence-electron chi connectivity index (χ2n) is 1.91. The van der Waals surface area contributed by atoms with E-state index in [4.69, 9.17) is 5.11 Å². The van der Waals surface area contributed by atoms with Crippen molar-refractivity contribution in [2.24, 2.45) is 0 Å². The second-order valence-corrected chi connectivity index (χ2v) is 2.49. The summed E-state index contributed by atoms with van der Waals surface area (Å²) in [6, 6.07) is 6.28. The van der Waals surface area contributed by atoms with Crippen molar-refractivity contribution >= 4 is 28.9 Å². The van der Waals surface area contributed by atoms with Gasteiger partial charge in [-0.05, 0) is 0 Å². The van der Waals surface area contributed by atoms with Crippen LogP contribution in [0.2, 0.25) is 0 Å². The Hall–Kier alpha value is -0.711. The molecule has 0 bridgehead atoms. The molecule has 3 radical (unpaired) electrons. The van der Waals surface area contributed by atoms with Crippen LogP contribution in [0.15, 0.2) is 24.3 Å². The molecular formula is C7H5O3Sn. The van der Waals surface area contributed by atoms with Gasteiger partial charge >= 0.3 is 77.5 Å². The van der Waals surface area contributed by atoms with Gasteiger partial charge in [-0.15, -0.1) is 0 Å². The van der Waals surface area contributed by atoms with Crippen molar-refractivity contribution in [1.82, 2.24) is 0 Å². The van der Waals surface area contributed by atoms with E-state index in [2.05, 4.69) is 3.07 Å². The molecule has 0 atom stereocenters. The third-order valence-corrected chi connectivity index (χ3v) is 1.75. The molecular weight excluding hydrogens is 251 g/mol. The molecule has 0 saturated carbocycles. The van der Waals surface area contributed by atoms with Crippen molar-refractivity contribution in [2.45, 2.75) is 0 Å². The molecule has 0 heterocycles. The Morgan fingerprint density at radius 2 is 2.09 bits per heavy atom. The van der Waals surface area contributed by atoms with Gasteiger partial charge < -0.3 is 0 Å². The van der Waals surface area contributed by atoms with Gasteiger partial charge in [-0.3, -0.25) is 0 Å². The third kappa shape index (κ3) is 1.86. The Bertz CT molecular complexity index is 272. The molecule has 1 aromatic rings. The van der Waals surface area contributed by atoms with Crippen LogP contribution in [0.4, 0.5) is 0 Å². The minimum atomic E-state index is -0.485. The molecule has 4 heteroatoms. The topological polar surface area (TPSA) is 46.5 Å². The van der Waals surface area contributed by atoms with Crippen LogP contribution < -0.4 is 0 Å². The van der Waals surface area contributed by atoms with E-state index in [1.54, 1.807) is 12.1 Å². The number of phenolic OH excluding ortho intramolecular Hbond substituents is 1. The molecule has 0 saturated heterocycles. The van der Waals surface area contributed by atoms with Gasteiger partial charge in [0, 0.05) is 0 Å². The standard InChI is InChI=1S/C7H6O3.Sn/c8-6-4-2-1-3-5(6)7(9)10;/h1-4,8H,(H,9,10);/q;+1/p-1. The normalized spacial score (nSPS) is 9.18. The zero-order valence-electron chi connectivity index (χ0n) is 5.57. The minimum absolute atomic E-state index is 0.0418. The predicted octanol–water partition coefficient (Wildman–Crippen LogP) is 0.632. The average Bonchev–Trinajstić information content (AvgIpc) is 2.04. The predicted molar refractivity (Wildman–Crippen MR) is 39.3 cm³/mol. The van der Waals surface area contributed by atoms with Crippen LogP contribution in [0.3, 0.4) is 0 Å². The second kappa shape index (κ2) is 3.61. The van der Waals surface area contributed by atoms with Crippen molar-refractivity contribution in [2.75, 3.05) is 0 Å². The Balaban J connectivity index is 3.03. The summed E-state index contributed by atoms with van der Waals surface area (Å²) in [5.74, 6) is -0.527. The molecule has 11 heavy (non-hydrogen) atoms. The van der Waals surface area contributed by atoms with E-state index < -0.39 is 5.97 Å². The quantitative estimate of drug-likeness (QED) is 0.749. The Morgan fingerprint density at radius 1 is 1.45 bits per heavy atom. The molecule has 0 spiro atoms. The number of carbonyl (C=O) groups is 1. The van der Waals surface area contributed by atoms with Crippen LogP contribution in [0, 0.1) is 0 Å². The van der Waals surface area contributed by atoms with E-state index in [9.17, 15) is 4.79 Å². The molecule has 0 aliphatic carbocycles. The van der Waals surface area contributed by atoms with Crippen molar-refractivity contribution in [1.29, 1.82) is 0 Å². The average molecular weight is 256 g/mol. The summed E-state index contributed by atoms with van der Waals surface area (Å²) >= 11 is 0.671. The SMILES string of the molecule is O=C([O][Sn])c1ccccc1O. The molecule has 0 aliphatic rings. The number of aromatic hydroxyl groups is 1. The zero-order chi connectivity index (χ0) is 8.27. The number of phenols is 1. The van der Waals surface area contributed by atoms with Crippen LogP contribution in [-0.2, 0) is 3.07 Å². The molecule has 1 N–H and O–H groups in total. The molecule has 0 fully saturated rings. The van der Waals surface area contributed by atoms with E-state index in [-0.39, 0.29) is 11.3 Å². The van der Waals surface area contributed by atoms with Gasteiger partial charge in [-0.2, -0.15) is 0 Å². The van der Waals surface area contributed by atoms with Crippen LogP contribution in [0.1, 0.15) is 10.4 Å². The van der Waals surface area contributed by atoms with E-state index in [1.807, 2.05) is 0 Å². The number of rotatable bonds is 1. The number of para-hydroxylation sites is 1. The van der Waals surface area contributed by atoms with Gasteiger partial charge in [0.25, 0.3) is 0 Å². The number of hydrogen-bond acceptors (Lipinski definition) is 3. The molecule has 0 aliphatic heterocycles. The van der Waals surface area contributed by atoms with Gasteiger partial charge in [0.2, 0.25) is 0 Å².